The fourth-order valence-electron chi connectivity index (χ4n) is 2.79. The van der Waals surface area contributed by atoms with Gasteiger partial charge in [-0.1, -0.05) is 66.2 Å². The second-order valence-corrected chi connectivity index (χ2v) is 6.72. The molecule has 1 heterocycles. The Labute approximate surface area is 135 Å². The van der Waals surface area contributed by atoms with Crippen LogP contribution in [-0.4, -0.2) is 6.61 Å². The Morgan fingerprint density at radius 3 is 2.43 bits per heavy atom. The summed E-state index contributed by atoms with van der Waals surface area (Å²) in [4.78, 5) is 0.245. The van der Waals surface area contributed by atoms with Crippen molar-refractivity contribution in [1.29, 1.82) is 0 Å². The Bertz CT molecular complexity index is 618. The molecule has 0 radical (unpaired) electrons. The van der Waals surface area contributed by atoms with Crippen LogP contribution in [0.3, 0.4) is 0 Å². The molecule has 1 aliphatic rings. The number of fused-ring (bicyclic) bond motifs is 1. The van der Waals surface area contributed by atoms with Crippen LogP contribution in [0.25, 0.3) is 0 Å². The van der Waals surface area contributed by atoms with Crippen LogP contribution in [0.2, 0.25) is 0 Å². The van der Waals surface area contributed by atoms with Crippen LogP contribution in [0.5, 0.6) is 5.75 Å². The van der Waals surface area contributed by atoms with Gasteiger partial charge in [0, 0.05) is 6.42 Å². The number of alkyl halides is 1. The van der Waals surface area contributed by atoms with E-state index in [-0.39, 0.29) is 4.83 Å². The van der Waals surface area contributed by atoms with Gasteiger partial charge in [-0.05, 0) is 40.7 Å². The van der Waals surface area contributed by atoms with Crippen molar-refractivity contribution in [3.63, 3.8) is 0 Å². The molecule has 2 aromatic carbocycles. The maximum Gasteiger partial charge on any atom is 0.122 e. The summed E-state index contributed by atoms with van der Waals surface area (Å²) < 4.78 is 5.58. The third kappa shape index (κ3) is 3.01. The lowest BCUT2D eigenvalue weighted by Gasteiger charge is -2.14. The SMILES string of the molecule is CCC(C)c1ccc(C(Br)c2ccc3c(c2)CCO3)cc1. The van der Waals surface area contributed by atoms with Gasteiger partial charge >= 0.3 is 0 Å². The van der Waals surface area contributed by atoms with E-state index >= 15 is 0 Å². The third-order valence-corrected chi connectivity index (χ3v) is 5.47. The molecule has 0 aliphatic carbocycles. The predicted octanol–water partition coefficient (Wildman–Crippen LogP) is 5.62. The van der Waals surface area contributed by atoms with Crippen LogP contribution in [0.4, 0.5) is 0 Å². The molecule has 2 atom stereocenters. The molecule has 2 unspecified atom stereocenters. The molecule has 21 heavy (non-hydrogen) atoms. The smallest absolute Gasteiger partial charge is 0.122 e. The van der Waals surface area contributed by atoms with Gasteiger partial charge in [0.2, 0.25) is 0 Å². The predicted molar refractivity (Wildman–Crippen MR) is 91.6 cm³/mol. The second kappa shape index (κ2) is 6.23. The normalized spacial score (nSPS) is 16.1. The first-order chi connectivity index (χ1) is 10.2. The fourth-order valence-corrected chi connectivity index (χ4v) is 3.38. The van der Waals surface area contributed by atoms with E-state index < -0.39 is 0 Å². The first-order valence-electron chi connectivity index (χ1n) is 7.68. The molecule has 0 spiro atoms. The van der Waals surface area contributed by atoms with Gasteiger partial charge in [-0.25, -0.2) is 0 Å². The van der Waals surface area contributed by atoms with Gasteiger partial charge in [0.1, 0.15) is 5.75 Å². The summed E-state index contributed by atoms with van der Waals surface area (Å²) in [6.45, 7) is 5.33. The van der Waals surface area contributed by atoms with Crippen molar-refractivity contribution >= 4 is 15.9 Å². The minimum Gasteiger partial charge on any atom is -0.493 e. The summed E-state index contributed by atoms with van der Waals surface area (Å²) in [6, 6.07) is 15.5. The summed E-state index contributed by atoms with van der Waals surface area (Å²) >= 11 is 3.84. The molecule has 0 N–H and O–H groups in total. The maximum atomic E-state index is 5.58. The molecule has 0 fully saturated rings. The third-order valence-electron chi connectivity index (χ3n) is 4.42. The Kier molecular flexibility index (Phi) is 4.34. The zero-order valence-corrected chi connectivity index (χ0v) is 14.2. The van der Waals surface area contributed by atoms with Crippen molar-refractivity contribution in [3.8, 4) is 5.75 Å². The molecule has 1 nitrogen and oxygen atoms in total. The highest BCUT2D eigenvalue weighted by Crippen LogP contribution is 2.35. The molecule has 2 aromatic rings. The molecule has 2 heteroatoms. The Morgan fingerprint density at radius 2 is 1.71 bits per heavy atom. The Morgan fingerprint density at radius 1 is 1.05 bits per heavy atom. The van der Waals surface area contributed by atoms with Crippen LogP contribution in [0.15, 0.2) is 42.5 Å². The average molecular weight is 345 g/mol. The fraction of sp³-hybridized carbons (Fsp3) is 0.368. The summed E-state index contributed by atoms with van der Waals surface area (Å²) in [5, 5.41) is 0. The van der Waals surface area contributed by atoms with E-state index in [0.29, 0.717) is 5.92 Å². The summed E-state index contributed by atoms with van der Waals surface area (Å²) in [5.41, 5.74) is 5.35. The van der Waals surface area contributed by atoms with Crippen molar-refractivity contribution in [2.24, 2.45) is 0 Å². The highest BCUT2D eigenvalue weighted by molar-refractivity contribution is 9.09. The van der Waals surface area contributed by atoms with Crippen molar-refractivity contribution in [3.05, 3.63) is 64.7 Å². The minimum absolute atomic E-state index is 0.245. The topological polar surface area (TPSA) is 9.23 Å². The molecule has 0 aromatic heterocycles. The molecule has 0 bridgehead atoms. The molecule has 0 saturated carbocycles. The van der Waals surface area contributed by atoms with Gasteiger partial charge < -0.3 is 4.74 Å². The van der Waals surface area contributed by atoms with E-state index in [1.54, 1.807) is 0 Å². The van der Waals surface area contributed by atoms with Crippen LogP contribution in [-0.2, 0) is 6.42 Å². The number of hydrogen-bond acceptors (Lipinski definition) is 1. The van der Waals surface area contributed by atoms with Crippen LogP contribution in [0, 0.1) is 0 Å². The largest absolute Gasteiger partial charge is 0.493 e. The average Bonchev–Trinajstić information content (AvgIpc) is 3.01. The Hall–Kier alpha value is -1.28. The molecule has 0 amide bonds. The van der Waals surface area contributed by atoms with Gasteiger partial charge in [0.05, 0.1) is 11.4 Å². The van der Waals surface area contributed by atoms with Crippen molar-refractivity contribution < 1.29 is 4.74 Å². The van der Waals surface area contributed by atoms with Crippen molar-refractivity contribution in [2.75, 3.05) is 6.61 Å². The number of halogens is 1. The van der Waals surface area contributed by atoms with Crippen LogP contribution < -0.4 is 4.74 Å². The number of rotatable bonds is 4. The van der Waals surface area contributed by atoms with Gasteiger partial charge in [-0.3, -0.25) is 0 Å². The van der Waals surface area contributed by atoms with E-state index in [2.05, 4.69) is 72.2 Å². The van der Waals surface area contributed by atoms with Crippen molar-refractivity contribution in [1.82, 2.24) is 0 Å². The standard InChI is InChI=1S/C19H21BrO/c1-3-13(2)14-4-6-15(7-5-14)19(20)17-8-9-18-16(12-17)10-11-21-18/h4-9,12-13,19H,3,10-11H2,1-2H3. The van der Waals surface area contributed by atoms with E-state index in [4.69, 9.17) is 4.74 Å². The van der Waals surface area contributed by atoms with Crippen LogP contribution in [0.1, 0.15) is 53.3 Å². The highest BCUT2D eigenvalue weighted by atomic mass is 79.9. The van der Waals surface area contributed by atoms with E-state index in [9.17, 15) is 0 Å². The molecular weight excluding hydrogens is 324 g/mol. The Balaban J connectivity index is 1.83. The van der Waals surface area contributed by atoms with E-state index in [1.165, 1.54) is 28.7 Å². The lowest BCUT2D eigenvalue weighted by molar-refractivity contribution is 0.357. The lowest BCUT2D eigenvalue weighted by Crippen LogP contribution is -1.96. The van der Waals surface area contributed by atoms with Gasteiger partial charge in [0.15, 0.2) is 0 Å². The quantitative estimate of drug-likeness (QED) is 0.654. The summed E-state index contributed by atoms with van der Waals surface area (Å²) in [7, 11) is 0. The summed E-state index contributed by atoms with van der Waals surface area (Å²) in [6.07, 6.45) is 2.21. The number of hydrogen-bond donors (Lipinski definition) is 0. The summed E-state index contributed by atoms with van der Waals surface area (Å²) in [5.74, 6) is 1.68. The second-order valence-electron chi connectivity index (χ2n) is 5.80. The lowest BCUT2D eigenvalue weighted by atomic mass is 9.95. The monoisotopic (exact) mass is 344 g/mol. The maximum absolute atomic E-state index is 5.58. The van der Waals surface area contributed by atoms with E-state index in [0.717, 1.165) is 18.8 Å². The molecule has 3 rings (SSSR count). The molecule has 1 aliphatic heterocycles. The van der Waals surface area contributed by atoms with E-state index in [1.807, 2.05) is 0 Å². The number of benzene rings is 2. The van der Waals surface area contributed by atoms with Gasteiger partial charge in [0.25, 0.3) is 0 Å². The van der Waals surface area contributed by atoms with Crippen LogP contribution >= 0.6 is 15.9 Å². The molecule has 110 valence electrons. The zero-order valence-electron chi connectivity index (χ0n) is 12.6. The highest BCUT2D eigenvalue weighted by Gasteiger charge is 2.16. The first kappa shape index (κ1) is 14.6. The van der Waals surface area contributed by atoms with Gasteiger partial charge in [-0.15, -0.1) is 0 Å². The zero-order chi connectivity index (χ0) is 14.8. The van der Waals surface area contributed by atoms with Crippen molar-refractivity contribution in [2.45, 2.75) is 37.4 Å². The molecule has 0 saturated heterocycles. The minimum atomic E-state index is 0.245. The first-order valence-corrected chi connectivity index (χ1v) is 8.60. The van der Waals surface area contributed by atoms with Gasteiger partial charge in [-0.2, -0.15) is 0 Å². The molecular formula is C19H21BrO. The number of ether oxygens (including phenoxy) is 1.